The van der Waals surface area contributed by atoms with E-state index in [9.17, 15) is 14.0 Å². The maximum Gasteiger partial charge on any atom is 0.265 e. The van der Waals surface area contributed by atoms with Gasteiger partial charge in [-0.1, -0.05) is 12.1 Å². The Balaban J connectivity index is 1.67. The number of nitrogens with one attached hydrogen (secondary N) is 2. The van der Waals surface area contributed by atoms with E-state index in [2.05, 4.69) is 10.6 Å². The van der Waals surface area contributed by atoms with E-state index >= 15 is 0 Å². The van der Waals surface area contributed by atoms with E-state index in [-0.39, 0.29) is 11.6 Å². The summed E-state index contributed by atoms with van der Waals surface area (Å²) in [4.78, 5) is 24.8. The Labute approximate surface area is 148 Å². The molecule has 25 heavy (non-hydrogen) atoms. The van der Waals surface area contributed by atoms with Crippen LogP contribution in [0.5, 0.6) is 0 Å². The van der Waals surface area contributed by atoms with E-state index in [0.717, 1.165) is 5.56 Å². The molecule has 0 spiro atoms. The first kappa shape index (κ1) is 16.9. The van der Waals surface area contributed by atoms with Gasteiger partial charge in [0.15, 0.2) is 0 Å². The van der Waals surface area contributed by atoms with Crippen LogP contribution in [0, 0.1) is 12.7 Å². The number of benzene rings is 2. The molecule has 4 nitrogen and oxygen atoms in total. The number of halogens is 1. The van der Waals surface area contributed by atoms with Crippen molar-refractivity contribution in [1.82, 2.24) is 0 Å². The lowest BCUT2D eigenvalue weighted by atomic mass is 10.1. The number of carbonyl (C=O) groups is 2. The van der Waals surface area contributed by atoms with E-state index in [4.69, 9.17) is 0 Å². The second-order valence-corrected chi connectivity index (χ2v) is 6.39. The van der Waals surface area contributed by atoms with Gasteiger partial charge < -0.3 is 10.6 Å². The number of thiophene rings is 1. The van der Waals surface area contributed by atoms with Crippen LogP contribution in [0.25, 0.3) is 0 Å². The summed E-state index contributed by atoms with van der Waals surface area (Å²) in [5, 5.41) is 7.12. The van der Waals surface area contributed by atoms with Crippen LogP contribution in [-0.2, 0) is 0 Å². The molecule has 6 heteroatoms. The zero-order chi connectivity index (χ0) is 17.8. The van der Waals surface area contributed by atoms with Crippen molar-refractivity contribution in [2.24, 2.45) is 0 Å². The number of amides is 2. The van der Waals surface area contributed by atoms with Crippen molar-refractivity contribution in [3.05, 3.63) is 81.8 Å². The molecule has 0 aliphatic carbocycles. The summed E-state index contributed by atoms with van der Waals surface area (Å²) in [7, 11) is 0. The summed E-state index contributed by atoms with van der Waals surface area (Å²) >= 11 is 1.35. The monoisotopic (exact) mass is 354 g/mol. The second-order valence-electron chi connectivity index (χ2n) is 5.45. The van der Waals surface area contributed by atoms with Crippen LogP contribution in [0.15, 0.2) is 60.0 Å². The fraction of sp³-hybridized carbons (Fsp3) is 0.0526. The Morgan fingerprint density at radius 3 is 2.36 bits per heavy atom. The first-order valence-electron chi connectivity index (χ1n) is 7.55. The SMILES string of the molecule is Cc1ccc(NC(=O)c2ccc(NC(=O)c3cccs3)cc2)c(F)c1. The smallest absolute Gasteiger partial charge is 0.265 e. The van der Waals surface area contributed by atoms with Gasteiger partial charge in [-0.25, -0.2) is 4.39 Å². The molecule has 2 aromatic carbocycles. The van der Waals surface area contributed by atoms with E-state index in [0.29, 0.717) is 16.1 Å². The highest BCUT2D eigenvalue weighted by Crippen LogP contribution is 2.18. The first-order chi connectivity index (χ1) is 12.0. The summed E-state index contributed by atoms with van der Waals surface area (Å²) < 4.78 is 13.8. The summed E-state index contributed by atoms with van der Waals surface area (Å²) in [6.07, 6.45) is 0. The maximum atomic E-state index is 13.8. The van der Waals surface area contributed by atoms with Gasteiger partial charge in [0.05, 0.1) is 10.6 Å². The van der Waals surface area contributed by atoms with E-state index < -0.39 is 11.7 Å². The van der Waals surface area contributed by atoms with Crippen molar-refractivity contribution in [3.8, 4) is 0 Å². The molecular formula is C19H15FN2O2S. The Morgan fingerprint density at radius 2 is 1.72 bits per heavy atom. The minimum absolute atomic E-state index is 0.130. The van der Waals surface area contributed by atoms with Crippen LogP contribution in [0.4, 0.5) is 15.8 Å². The number of carbonyl (C=O) groups excluding carboxylic acids is 2. The molecule has 1 aromatic heterocycles. The predicted molar refractivity (Wildman–Crippen MR) is 97.8 cm³/mol. The number of aryl methyl sites for hydroxylation is 1. The standard InChI is InChI=1S/C19H15FN2O2S/c1-12-4-9-16(15(20)11-12)22-18(23)13-5-7-14(8-6-13)21-19(24)17-3-2-10-25-17/h2-11H,1H3,(H,21,24)(H,22,23). The summed E-state index contributed by atoms with van der Waals surface area (Å²) in [5.41, 5.74) is 1.86. The quantitative estimate of drug-likeness (QED) is 0.713. The van der Waals surface area contributed by atoms with Gasteiger partial charge in [-0.3, -0.25) is 9.59 Å². The van der Waals surface area contributed by atoms with Crippen molar-refractivity contribution < 1.29 is 14.0 Å². The molecule has 2 N–H and O–H groups in total. The molecule has 3 rings (SSSR count). The summed E-state index contributed by atoms with van der Waals surface area (Å²) in [5.74, 6) is -1.10. The van der Waals surface area contributed by atoms with Gasteiger partial charge in [0.1, 0.15) is 5.82 Å². The van der Waals surface area contributed by atoms with E-state index in [1.54, 1.807) is 49.4 Å². The van der Waals surface area contributed by atoms with Gasteiger partial charge >= 0.3 is 0 Å². The molecule has 0 aliphatic heterocycles. The van der Waals surface area contributed by atoms with Crippen molar-refractivity contribution >= 4 is 34.5 Å². The normalized spacial score (nSPS) is 10.3. The van der Waals surface area contributed by atoms with Gasteiger partial charge in [-0.15, -0.1) is 11.3 Å². The van der Waals surface area contributed by atoms with Crippen LogP contribution >= 0.6 is 11.3 Å². The lowest BCUT2D eigenvalue weighted by Crippen LogP contribution is -2.14. The zero-order valence-electron chi connectivity index (χ0n) is 13.4. The van der Waals surface area contributed by atoms with Gasteiger partial charge in [0.25, 0.3) is 11.8 Å². The summed E-state index contributed by atoms with van der Waals surface area (Å²) in [6.45, 7) is 1.78. The molecule has 0 fully saturated rings. The molecule has 0 bridgehead atoms. The van der Waals surface area contributed by atoms with Gasteiger partial charge in [-0.05, 0) is 60.3 Å². The fourth-order valence-electron chi connectivity index (χ4n) is 2.22. The average Bonchev–Trinajstić information content (AvgIpc) is 3.13. The highest BCUT2D eigenvalue weighted by Gasteiger charge is 2.11. The molecule has 0 saturated heterocycles. The Bertz CT molecular complexity index is 906. The highest BCUT2D eigenvalue weighted by molar-refractivity contribution is 7.12. The Hall–Kier alpha value is -2.99. The molecule has 0 atom stereocenters. The third-order valence-corrected chi connectivity index (χ3v) is 4.39. The number of anilines is 2. The second kappa shape index (κ2) is 7.27. The highest BCUT2D eigenvalue weighted by atomic mass is 32.1. The number of hydrogen-bond donors (Lipinski definition) is 2. The van der Waals surface area contributed by atoms with Crippen LogP contribution in [0.1, 0.15) is 25.6 Å². The average molecular weight is 354 g/mol. The van der Waals surface area contributed by atoms with Crippen molar-refractivity contribution in [2.75, 3.05) is 10.6 Å². The molecule has 0 radical (unpaired) electrons. The Morgan fingerprint density at radius 1 is 0.960 bits per heavy atom. The molecule has 3 aromatic rings. The lowest BCUT2D eigenvalue weighted by Gasteiger charge is -2.08. The fourth-order valence-corrected chi connectivity index (χ4v) is 2.84. The third kappa shape index (κ3) is 4.10. The van der Waals surface area contributed by atoms with Gasteiger partial charge in [0, 0.05) is 11.3 Å². The topological polar surface area (TPSA) is 58.2 Å². The van der Waals surface area contributed by atoms with Gasteiger partial charge in [0.2, 0.25) is 0 Å². The molecule has 2 amide bonds. The predicted octanol–water partition coefficient (Wildman–Crippen LogP) is 4.70. The number of rotatable bonds is 4. The van der Waals surface area contributed by atoms with Crippen LogP contribution < -0.4 is 10.6 Å². The third-order valence-electron chi connectivity index (χ3n) is 3.52. The van der Waals surface area contributed by atoms with Crippen molar-refractivity contribution in [2.45, 2.75) is 6.92 Å². The maximum absolute atomic E-state index is 13.8. The van der Waals surface area contributed by atoms with Crippen molar-refractivity contribution in [1.29, 1.82) is 0 Å². The molecular weight excluding hydrogens is 339 g/mol. The minimum atomic E-state index is -0.479. The number of hydrogen-bond acceptors (Lipinski definition) is 3. The zero-order valence-corrected chi connectivity index (χ0v) is 14.2. The van der Waals surface area contributed by atoms with Crippen molar-refractivity contribution in [3.63, 3.8) is 0 Å². The van der Waals surface area contributed by atoms with E-state index in [1.165, 1.54) is 23.5 Å². The summed E-state index contributed by atoms with van der Waals surface area (Å²) in [6, 6.07) is 14.6. The Kier molecular flexibility index (Phi) is 4.90. The molecule has 0 unspecified atom stereocenters. The first-order valence-corrected chi connectivity index (χ1v) is 8.43. The van der Waals surface area contributed by atoms with E-state index in [1.807, 2.05) is 5.38 Å². The molecule has 0 aliphatic rings. The minimum Gasteiger partial charge on any atom is -0.321 e. The molecule has 1 heterocycles. The van der Waals surface area contributed by atoms with Crippen LogP contribution in [0.2, 0.25) is 0 Å². The van der Waals surface area contributed by atoms with Crippen LogP contribution in [-0.4, -0.2) is 11.8 Å². The van der Waals surface area contributed by atoms with Crippen LogP contribution in [0.3, 0.4) is 0 Å². The lowest BCUT2D eigenvalue weighted by molar-refractivity contribution is 0.102. The molecule has 126 valence electrons. The largest absolute Gasteiger partial charge is 0.321 e. The molecule has 0 saturated carbocycles. The van der Waals surface area contributed by atoms with Gasteiger partial charge in [-0.2, -0.15) is 0 Å².